The summed E-state index contributed by atoms with van der Waals surface area (Å²) in [6.45, 7) is -0.0409. The van der Waals surface area contributed by atoms with Gasteiger partial charge >= 0.3 is 6.18 Å². The van der Waals surface area contributed by atoms with E-state index in [0.29, 0.717) is 16.6 Å². The molecule has 28 heavy (non-hydrogen) atoms. The molecule has 1 amide bonds. The van der Waals surface area contributed by atoms with Gasteiger partial charge in [-0.1, -0.05) is 30.3 Å². The minimum Gasteiger partial charge on any atom is -0.345 e. The summed E-state index contributed by atoms with van der Waals surface area (Å²) in [6, 6.07) is 12.1. The predicted octanol–water partition coefficient (Wildman–Crippen LogP) is 4.23. The number of aromatic amines is 1. The van der Waals surface area contributed by atoms with Gasteiger partial charge in [-0.25, -0.2) is 4.98 Å². The molecule has 0 fully saturated rings. The summed E-state index contributed by atoms with van der Waals surface area (Å²) in [5.74, 6) is -0.628. The summed E-state index contributed by atoms with van der Waals surface area (Å²) in [5.41, 5.74) is 0.613. The first-order valence-electron chi connectivity index (χ1n) is 8.24. The molecule has 0 radical (unpaired) electrons. The fourth-order valence-electron chi connectivity index (χ4n) is 2.84. The van der Waals surface area contributed by atoms with Gasteiger partial charge in [0.15, 0.2) is 4.80 Å². The topological polar surface area (TPSA) is 63.0 Å². The van der Waals surface area contributed by atoms with E-state index in [2.05, 4.69) is 15.0 Å². The summed E-state index contributed by atoms with van der Waals surface area (Å²) < 4.78 is 41.3. The van der Waals surface area contributed by atoms with Crippen molar-refractivity contribution in [2.24, 2.45) is 4.99 Å². The van der Waals surface area contributed by atoms with Gasteiger partial charge in [0.05, 0.1) is 12.1 Å². The van der Waals surface area contributed by atoms with Crippen molar-refractivity contribution >= 4 is 28.3 Å². The van der Waals surface area contributed by atoms with Gasteiger partial charge in [0.1, 0.15) is 11.3 Å². The lowest BCUT2D eigenvalue weighted by atomic mass is 10.2. The molecule has 0 unspecified atom stereocenters. The lowest BCUT2D eigenvalue weighted by molar-refractivity contribution is -0.143. The third kappa shape index (κ3) is 3.48. The smallest absolute Gasteiger partial charge is 0.345 e. The molecule has 0 atom stereocenters. The van der Waals surface area contributed by atoms with Gasteiger partial charge in [-0.3, -0.25) is 4.79 Å². The van der Waals surface area contributed by atoms with E-state index in [0.717, 1.165) is 21.3 Å². The fourth-order valence-corrected chi connectivity index (χ4v) is 3.75. The predicted molar refractivity (Wildman–Crippen MR) is 98.8 cm³/mol. The lowest BCUT2D eigenvalue weighted by Gasteiger charge is -2.11. The quantitative estimate of drug-likeness (QED) is 0.557. The van der Waals surface area contributed by atoms with E-state index in [1.165, 1.54) is 6.20 Å². The summed E-state index contributed by atoms with van der Waals surface area (Å²) in [6.07, 6.45) is -1.51. The summed E-state index contributed by atoms with van der Waals surface area (Å²) in [4.78, 5) is 23.6. The van der Waals surface area contributed by atoms with Gasteiger partial charge in [-0.05, 0) is 17.7 Å². The monoisotopic (exact) mass is 402 g/mol. The second-order valence-electron chi connectivity index (χ2n) is 5.99. The number of amides is 1. The van der Waals surface area contributed by atoms with Crippen LogP contribution in [0.2, 0.25) is 0 Å². The van der Waals surface area contributed by atoms with Crippen LogP contribution in [-0.4, -0.2) is 20.4 Å². The number of carbonyl (C=O) groups is 1. The fraction of sp³-hybridized carbons (Fsp3) is 0.105. The Bertz CT molecular complexity index is 1210. The van der Waals surface area contributed by atoms with Crippen LogP contribution in [-0.2, 0) is 12.7 Å². The maximum absolute atomic E-state index is 13.4. The van der Waals surface area contributed by atoms with Crippen molar-refractivity contribution in [2.75, 3.05) is 0 Å². The number of thiazole rings is 1. The van der Waals surface area contributed by atoms with Gasteiger partial charge in [0, 0.05) is 23.2 Å². The molecule has 0 saturated carbocycles. The molecule has 3 heterocycles. The van der Waals surface area contributed by atoms with Crippen molar-refractivity contribution in [3.63, 3.8) is 0 Å². The Labute approximate surface area is 160 Å². The van der Waals surface area contributed by atoms with Crippen molar-refractivity contribution < 1.29 is 18.0 Å². The SMILES string of the molecule is O=C(N=c1scc(C(F)(F)F)n1Cc1ccccc1)c1c[nH]c2ncccc12. The molecule has 4 rings (SSSR count). The number of hydrogen-bond donors (Lipinski definition) is 1. The maximum atomic E-state index is 13.4. The van der Waals surface area contributed by atoms with Crippen molar-refractivity contribution in [1.29, 1.82) is 0 Å². The van der Waals surface area contributed by atoms with E-state index in [1.54, 1.807) is 48.7 Å². The average Bonchev–Trinajstić information content (AvgIpc) is 3.27. The van der Waals surface area contributed by atoms with E-state index in [9.17, 15) is 18.0 Å². The zero-order valence-corrected chi connectivity index (χ0v) is 15.1. The number of benzene rings is 1. The second kappa shape index (κ2) is 7.08. The van der Waals surface area contributed by atoms with Crippen LogP contribution in [0.4, 0.5) is 13.2 Å². The summed E-state index contributed by atoms with van der Waals surface area (Å²) in [7, 11) is 0. The van der Waals surface area contributed by atoms with Crippen LogP contribution in [0.3, 0.4) is 0 Å². The minimum absolute atomic E-state index is 0.0144. The first-order valence-corrected chi connectivity index (χ1v) is 9.12. The highest BCUT2D eigenvalue weighted by atomic mass is 32.1. The summed E-state index contributed by atoms with van der Waals surface area (Å²) in [5, 5.41) is 1.55. The number of nitrogens with one attached hydrogen (secondary N) is 1. The number of rotatable bonds is 3. The first kappa shape index (κ1) is 18.2. The zero-order valence-electron chi connectivity index (χ0n) is 14.3. The Kier molecular flexibility index (Phi) is 4.60. The van der Waals surface area contributed by atoms with Crippen molar-refractivity contribution in [3.05, 3.63) is 81.9 Å². The molecule has 9 heteroatoms. The average molecular weight is 402 g/mol. The van der Waals surface area contributed by atoms with Crippen molar-refractivity contribution in [2.45, 2.75) is 12.7 Å². The lowest BCUT2D eigenvalue weighted by Crippen LogP contribution is -2.24. The number of halogens is 3. The van der Waals surface area contributed by atoms with Crippen LogP contribution in [0.25, 0.3) is 11.0 Å². The van der Waals surface area contributed by atoms with Gasteiger partial charge in [-0.2, -0.15) is 18.2 Å². The highest BCUT2D eigenvalue weighted by molar-refractivity contribution is 7.07. The Hall–Kier alpha value is -3.20. The Morgan fingerprint density at radius 1 is 1.18 bits per heavy atom. The highest BCUT2D eigenvalue weighted by Crippen LogP contribution is 2.30. The Morgan fingerprint density at radius 3 is 2.71 bits per heavy atom. The van der Waals surface area contributed by atoms with E-state index in [4.69, 9.17) is 0 Å². The largest absolute Gasteiger partial charge is 0.432 e. The van der Waals surface area contributed by atoms with E-state index >= 15 is 0 Å². The molecule has 3 aromatic heterocycles. The van der Waals surface area contributed by atoms with E-state index in [-0.39, 0.29) is 16.9 Å². The second-order valence-corrected chi connectivity index (χ2v) is 6.83. The third-order valence-corrected chi connectivity index (χ3v) is 5.01. The van der Waals surface area contributed by atoms with Crippen LogP contribution in [0.5, 0.6) is 0 Å². The van der Waals surface area contributed by atoms with E-state index < -0.39 is 17.8 Å². The number of fused-ring (bicyclic) bond motifs is 1. The van der Waals surface area contributed by atoms with Crippen molar-refractivity contribution in [3.8, 4) is 0 Å². The number of alkyl halides is 3. The molecular formula is C19H13F3N4OS. The van der Waals surface area contributed by atoms with Crippen LogP contribution < -0.4 is 4.80 Å². The maximum Gasteiger partial charge on any atom is 0.432 e. The van der Waals surface area contributed by atoms with Crippen molar-refractivity contribution in [1.82, 2.24) is 14.5 Å². The van der Waals surface area contributed by atoms with Gasteiger partial charge < -0.3 is 9.55 Å². The molecule has 0 saturated heterocycles. The van der Waals surface area contributed by atoms with Crippen LogP contribution in [0.1, 0.15) is 21.6 Å². The van der Waals surface area contributed by atoms with E-state index in [1.807, 2.05) is 0 Å². The van der Waals surface area contributed by atoms with Gasteiger partial charge in [0.2, 0.25) is 0 Å². The van der Waals surface area contributed by atoms with Crippen LogP contribution in [0.15, 0.2) is 65.2 Å². The van der Waals surface area contributed by atoms with Gasteiger partial charge in [-0.15, -0.1) is 11.3 Å². The molecular weight excluding hydrogens is 389 g/mol. The number of pyridine rings is 1. The first-order chi connectivity index (χ1) is 13.4. The third-order valence-electron chi connectivity index (χ3n) is 4.15. The molecule has 0 aliphatic heterocycles. The van der Waals surface area contributed by atoms with Gasteiger partial charge in [0.25, 0.3) is 5.91 Å². The number of nitrogens with zero attached hydrogens (tertiary/aromatic N) is 3. The Morgan fingerprint density at radius 2 is 1.96 bits per heavy atom. The van der Waals surface area contributed by atoms with Crippen LogP contribution >= 0.6 is 11.3 Å². The minimum atomic E-state index is -4.55. The number of hydrogen-bond acceptors (Lipinski definition) is 3. The molecule has 4 aromatic rings. The zero-order chi connectivity index (χ0) is 19.7. The van der Waals surface area contributed by atoms with Crippen LogP contribution in [0, 0.1) is 0 Å². The molecule has 5 nitrogen and oxygen atoms in total. The number of carbonyl (C=O) groups excluding carboxylic acids is 1. The molecule has 0 aliphatic rings. The number of aromatic nitrogens is 3. The molecule has 1 aromatic carbocycles. The standard InChI is InChI=1S/C19H13F3N4OS/c20-19(21,22)15-11-28-18(26(15)10-12-5-2-1-3-6-12)25-17(27)14-9-24-16-13(14)7-4-8-23-16/h1-9,11H,10H2,(H,23,24). The molecule has 1 N–H and O–H groups in total. The molecule has 0 aliphatic carbocycles. The summed E-state index contributed by atoms with van der Waals surface area (Å²) >= 11 is 0.783. The normalized spacial score (nSPS) is 12.6. The Balaban J connectivity index is 1.80. The molecule has 0 bridgehead atoms. The number of H-pyrrole nitrogens is 1. The molecule has 0 spiro atoms. The molecule has 142 valence electrons. The highest BCUT2D eigenvalue weighted by Gasteiger charge is 2.35.